The summed E-state index contributed by atoms with van der Waals surface area (Å²) < 4.78 is 0. The first-order valence-electron chi connectivity index (χ1n) is 5.08. The van der Waals surface area contributed by atoms with Gasteiger partial charge >= 0.3 is 0 Å². The van der Waals surface area contributed by atoms with Gasteiger partial charge in [0.25, 0.3) is 0 Å². The highest BCUT2D eigenvalue weighted by molar-refractivity contribution is 6.04. The van der Waals surface area contributed by atoms with E-state index in [0.717, 1.165) is 24.3 Å². The number of anilines is 1. The van der Waals surface area contributed by atoms with E-state index < -0.39 is 0 Å². The Morgan fingerprint density at radius 2 is 2.29 bits per heavy atom. The number of nitrogens with one attached hydrogen (secondary N) is 1. The minimum atomic E-state index is 0.938. The lowest BCUT2D eigenvalue weighted by atomic mass is 10.0. The number of aromatic nitrogens is 1. The van der Waals surface area contributed by atoms with E-state index in [9.17, 15) is 0 Å². The van der Waals surface area contributed by atoms with Crippen LogP contribution in [0.5, 0.6) is 0 Å². The molecular weight excluding hydrogens is 174 g/mol. The molecule has 1 aromatic rings. The zero-order valence-corrected chi connectivity index (χ0v) is 8.45. The van der Waals surface area contributed by atoms with E-state index in [1.807, 2.05) is 13.1 Å². The van der Waals surface area contributed by atoms with Crippen molar-refractivity contribution in [3.05, 3.63) is 23.9 Å². The van der Waals surface area contributed by atoms with Crippen LogP contribution >= 0.6 is 0 Å². The maximum absolute atomic E-state index is 4.54. The molecular formula is C11H15N3. The number of rotatable bonds is 2. The Bertz CT molecular complexity index is 344. The van der Waals surface area contributed by atoms with E-state index in [1.54, 1.807) is 6.20 Å². The van der Waals surface area contributed by atoms with Gasteiger partial charge in [0.05, 0.1) is 0 Å². The molecule has 14 heavy (non-hydrogen) atoms. The number of pyridine rings is 1. The summed E-state index contributed by atoms with van der Waals surface area (Å²) in [6, 6.07) is 4.05. The van der Waals surface area contributed by atoms with Crippen LogP contribution in [0.2, 0.25) is 0 Å². The number of hydrogen-bond donors (Lipinski definition) is 1. The summed E-state index contributed by atoms with van der Waals surface area (Å²) in [6.07, 6.45) is 5.36. The second kappa shape index (κ2) is 4.22. The average molecular weight is 189 g/mol. The van der Waals surface area contributed by atoms with Gasteiger partial charge in [-0.05, 0) is 31.4 Å². The smallest absolute Gasteiger partial charge is 0.134 e. The quantitative estimate of drug-likeness (QED) is 0.773. The van der Waals surface area contributed by atoms with Crippen LogP contribution in [-0.2, 0) is 0 Å². The van der Waals surface area contributed by atoms with Crippen LogP contribution in [0, 0.1) is 0 Å². The zero-order valence-electron chi connectivity index (χ0n) is 8.45. The van der Waals surface area contributed by atoms with Gasteiger partial charge in [0.2, 0.25) is 0 Å². The molecule has 0 fully saturated rings. The molecule has 0 unspecified atom stereocenters. The third-order valence-corrected chi connectivity index (χ3v) is 2.48. The van der Waals surface area contributed by atoms with Crippen LogP contribution in [0.1, 0.15) is 24.8 Å². The van der Waals surface area contributed by atoms with Crippen molar-refractivity contribution in [2.24, 2.45) is 4.99 Å². The lowest BCUT2D eigenvalue weighted by molar-refractivity contribution is 0.738. The minimum Gasteiger partial charge on any atom is -0.373 e. The van der Waals surface area contributed by atoms with Gasteiger partial charge in [-0.25, -0.2) is 4.98 Å². The van der Waals surface area contributed by atoms with Crippen molar-refractivity contribution in [2.75, 3.05) is 18.9 Å². The fourth-order valence-electron chi connectivity index (χ4n) is 1.75. The highest BCUT2D eigenvalue weighted by Crippen LogP contribution is 2.18. The fourth-order valence-corrected chi connectivity index (χ4v) is 1.75. The first-order chi connectivity index (χ1) is 6.92. The second-order valence-corrected chi connectivity index (χ2v) is 3.44. The third-order valence-electron chi connectivity index (χ3n) is 2.48. The first-order valence-corrected chi connectivity index (χ1v) is 5.08. The van der Waals surface area contributed by atoms with E-state index in [4.69, 9.17) is 0 Å². The van der Waals surface area contributed by atoms with Crippen LogP contribution in [-0.4, -0.2) is 24.3 Å². The van der Waals surface area contributed by atoms with Crippen molar-refractivity contribution in [1.29, 1.82) is 0 Å². The molecule has 2 heterocycles. The molecule has 1 N–H and O–H groups in total. The van der Waals surface area contributed by atoms with E-state index in [1.165, 1.54) is 18.6 Å². The highest BCUT2D eigenvalue weighted by Gasteiger charge is 2.11. The van der Waals surface area contributed by atoms with Crippen molar-refractivity contribution in [2.45, 2.75) is 19.3 Å². The van der Waals surface area contributed by atoms with Crippen LogP contribution in [0.25, 0.3) is 0 Å². The van der Waals surface area contributed by atoms with Gasteiger partial charge in [-0.2, -0.15) is 0 Å². The standard InChI is InChI=1S/C11H15N3/c1-12-11-9(5-4-8-14-11)10-6-2-3-7-13-10/h4-5,8H,2-3,6-7H2,1H3,(H,12,14). The van der Waals surface area contributed by atoms with Gasteiger partial charge in [0.15, 0.2) is 0 Å². The summed E-state index contributed by atoms with van der Waals surface area (Å²) in [5, 5.41) is 3.10. The van der Waals surface area contributed by atoms with Crippen molar-refractivity contribution in [3.63, 3.8) is 0 Å². The minimum absolute atomic E-state index is 0.938. The van der Waals surface area contributed by atoms with Gasteiger partial charge < -0.3 is 5.32 Å². The van der Waals surface area contributed by atoms with Crippen molar-refractivity contribution in [3.8, 4) is 0 Å². The molecule has 0 spiro atoms. The van der Waals surface area contributed by atoms with Crippen molar-refractivity contribution >= 4 is 11.5 Å². The molecule has 0 atom stereocenters. The SMILES string of the molecule is CNc1ncccc1C1=NCCCC1. The molecule has 0 amide bonds. The molecule has 1 aliphatic rings. The predicted octanol–water partition coefficient (Wildman–Crippen LogP) is 2.10. The van der Waals surface area contributed by atoms with Crippen LogP contribution < -0.4 is 5.32 Å². The van der Waals surface area contributed by atoms with E-state index in [2.05, 4.69) is 21.4 Å². The molecule has 74 valence electrons. The monoisotopic (exact) mass is 189 g/mol. The molecule has 0 saturated heterocycles. The average Bonchev–Trinajstić information content (AvgIpc) is 2.30. The summed E-state index contributed by atoms with van der Waals surface area (Å²) >= 11 is 0. The van der Waals surface area contributed by atoms with Crippen LogP contribution in [0.15, 0.2) is 23.3 Å². The Kier molecular flexibility index (Phi) is 2.77. The molecule has 1 aromatic heterocycles. The molecule has 1 aliphatic heterocycles. The molecule has 0 bridgehead atoms. The Hall–Kier alpha value is -1.38. The Morgan fingerprint density at radius 1 is 1.36 bits per heavy atom. The summed E-state index contributed by atoms with van der Waals surface area (Å²) in [5.41, 5.74) is 2.36. The molecule has 2 rings (SSSR count). The highest BCUT2D eigenvalue weighted by atomic mass is 15.0. The van der Waals surface area contributed by atoms with Gasteiger partial charge in [-0.1, -0.05) is 0 Å². The van der Waals surface area contributed by atoms with Crippen LogP contribution in [0.4, 0.5) is 5.82 Å². The summed E-state index contributed by atoms with van der Waals surface area (Å²) in [5.74, 6) is 0.938. The van der Waals surface area contributed by atoms with Crippen molar-refractivity contribution in [1.82, 2.24) is 4.98 Å². The Morgan fingerprint density at radius 3 is 3.00 bits per heavy atom. The van der Waals surface area contributed by atoms with Gasteiger partial charge in [0.1, 0.15) is 5.82 Å². The predicted molar refractivity (Wildman–Crippen MR) is 59.0 cm³/mol. The fraction of sp³-hybridized carbons (Fsp3) is 0.455. The summed E-state index contributed by atoms with van der Waals surface area (Å²) in [7, 11) is 1.90. The van der Waals surface area contributed by atoms with E-state index >= 15 is 0 Å². The van der Waals surface area contributed by atoms with Gasteiger partial charge in [-0.15, -0.1) is 0 Å². The molecule has 3 heteroatoms. The lowest BCUT2D eigenvalue weighted by Gasteiger charge is -2.14. The lowest BCUT2D eigenvalue weighted by Crippen LogP contribution is -2.10. The normalized spacial score (nSPS) is 16.2. The molecule has 0 radical (unpaired) electrons. The molecule has 0 aliphatic carbocycles. The zero-order chi connectivity index (χ0) is 9.80. The van der Waals surface area contributed by atoms with Crippen molar-refractivity contribution < 1.29 is 0 Å². The molecule has 0 aromatic carbocycles. The number of nitrogens with zero attached hydrogens (tertiary/aromatic N) is 2. The number of hydrogen-bond acceptors (Lipinski definition) is 3. The van der Waals surface area contributed by atoms with Gasteiger partial charge in [-0.3, -0.25) is 4.99 Å². The number of aliphatic imine (C=N–C) groups is 1. The van der Waals surface area contributed by atoms with Gasteiger partial charge in [0, 0.05) is 31.1 Å². The first kappa shape index (κ1) is 9.19. The largest absolute Gasteiger partial charge is 0.373 e. The van der Waals surface area contributed by atoms with E-state index in [-0.39, 0.29) is 0 Å². The summed E-state index contributed by atoms with van der Waals surface area (Å²) in [6.45, 7) is 0.966. The molecule has 0 saturated carbocycles. The maximum Gasteiger partial charge on any atom is 0.134 e. The summed E-state index contributed by atoms with van der Waals surface area (Å²) in [4.78, 5) is 8.83. The Labute approximate surface area is 84.3 Å². The second-order valence-electron chi connectivity index (χ2n) is 3.44. The van der Waals surface area contributed by atoms with Crippen LogP contribution in [0.3, 0.4) is 0 Å². The van der Waals surface area contributed by atoms with E-state index in [0.29, 0.717) is 0 Å². The molecule has 3 nitrogen and oxygen atoms in total. The topological polar surface area (TPSA) is 37.3 Å². The maximum atomic E-state index is 4.54. The Balaban J connectivity index is 2.34. The third kappa shape index (κ3) is 1.76.